The van der Waals surface area contributed by atoms with E-state index in [9.17, 15) is 4.79 Å². The van der Waals surface area contributed by atoms with Gasteiger partial charge < -0.3 is 5.32 Å². The second-order valence-electron chi connectivity index (χ2n) is 3.53. The van der Waals surface area contributed by atoms with Gasteiger partial charge in [-0.3, -0.25) is 4.79 Å². The third kappa shape index (κ3) is 2.36. The lowest BCUT2D eigenvalue weighted by Gasteiger charge is -2.01. The highest BCUT2D eigenvalue weighted by molar-refractivity contribution is 7.17. The highest BCUT2D eigenvalue weighted by atomic mass is 35.5. The smallest absolute Gasteiger partial charge is 0.224 e. The van der Waals surface area contributed by atoms with Gasteiger partial charge in [-0.1, -0.05) is 11.6 Å². The number of halogens is 1. The van der Waals surface area contributed by atoms with Crippen LogP contribution in [0.4, 0.5) is 0 Å². The lowest BCUT2D eigenvalue weighted by Crippen LogP contribution is -2.24. The molecular formula is C12H12ClNOS. The number of likely N-dealkylation sites (N-methyl/N-ethyl adjacent to an activating group) is 1. The van der Waals surface area contributed by atoms with Gasteiger partial charge in [-0.25, -0.2) is 0 Å². The van der Waals surface area contributed by atoms with Crippen molar-refractivity contribution in [1.29, 1.82) is 0 Å². The Kier molecular flexibility index (Phi) is 3.46. The van der Waals surface area contributed by atoms with Crippen LogP contribution >= 0.6 is 22.9 Å². The average Bonchev–Trinajstić information content (AvgIpc) is 2.61. The minimum atomic E-state index is 0.0576. The van der Waals surface area contributed by atoms with E-state index in [-0.39, 0.29) is 5.91 Å². The van der Waals surface area contributed by atoms with Gasteiger partial charge in [0.1, 0.15) is 0 Å². The number of carbonyl (C=O) groups is 1. The number of hydrogen-bond acceptors (Lipinski definition) is 2. The summed E-state index contributed by atoms with van der Waals surface area (Å²) in [5.41, 5.74) is 1.05. The van der Waals surface area contributed by atoms with Crippen LogP contribution in [0.15, 0.2) is 23.6 Å². The SMILES string of the molecule is CCNC(=O)Cc1csc2ccc(Cl)cc12. The monoisotopic (exact) mass is 253 g/mol. The first-order valence-corrected chi connectivity index (χ1v) is 6.39. The second kappa shape index (κ2) is 4.85. The molecule has 0 saturated carbocycles. The molecule has 0 fully saturated rings. The summed E-state index contributed by atoms with van der Waals surface area (Å²) in [6.45, 7) is 2.59. The van der Waals surface area contributed by atoms with Crippen molar-refractivity contribution in [3.63, 3.8) is 0 Å². The molecule has 2 aromatic rings. The Balaban J connectivity index is 2.30. The Labute approximate surface area is 103 Å². The van der Waals surface area contributed by atoms with Gasteiger partial charge in [0.2, 0.25) is 5.91 Å². The largest absolute Gasteiger partial charge is 0.356 e. The summed E-state index contributed by atoms with van der Waals surface area (Å²) in [4.78, 5) is 11.5. The van der Waals surface area contributed by atoms with Crippen molar-refractivity contribution in [2.24, 2.45) is 0 Å². The Morgan fingerprint density at radius 3 is 3.06 bits per heavy atom. The maximum Gasteiger partial charge on any atom is 0.224 e. The molecule has 84 valence electrons. The number of benzene rings is 1. The first-order valence-electron chi connectivity index (χ1n) is 5.13. The van der Waals surface area contributed by atoms with Crippen molar-refractivity contribution in [1.82, 2.24) is 5.32 Å². The molecule has 0 bridgehead atoms. The molecule has 0 aliphatic heterocycles. The van der Waals surface area contributed by atoms with Gasteiger partial charge in [0.05, 0.1) is 6.42 Å². The maximum absolute atomic E-state index is 11.5. The molecule has 1 heterocycles. The molecule has 0 radical (unpaired) electrons. The van der Waals surface area contributed by atoms with Gasteiger partial charge in [-0.15, -0.1) is 11.3 Å². The summed E-state index contributed by atoms with van der Waals surface area (Å²) >= 11 is 7.59. The van der Waals surface area contributed by atoms with Gasteiger partial charge >= 0.3 is 0 Å². The van der Waals surface area contributed by atoms with Crippen molar-refractivity contribution < 1.29 is 4.79 Å². The number of nitrogens with one attached hydrogen (secondary N) is 1. The third-order valence-electron chi connectivity index (χ3n) is 2.34. The van der Waals surface area contributed by atoms with Crippen molar-refractivity contribution in [3.8, 4) is 0 Å². The molecule has 0 atom stereocenters. The number of rotatable bonds is 3. The highest BCUT2D eigenvalue weighted by Crippen LogP contribution is 2.28. The van der Waals surface area contributed by atoms with Crippen LogP contribution in [0.2, 0.25) is 5.02 Å². The topological polar surface area (TPSA) is 29.1 Å². The fourth-order valence-corrected chi connectivity index (χ4v) is 2.74. The molecular weight excluding hydrogens is 242 g/mol. The first-order chi connectivity index (χ1) is 7.70. The van der Waals surface area contributed by atoms with Crippen LogP contribution in [0, 0.1) is 0 Å². The van der Waals surface area contributed by atoms with Crippen LogP contribution in [0.3, 0.4) is 0 Å². The van der Waals surface area contributed by atoms with Crippen LogP contribution < -0.4 is 5.32 Å². The zero-order valence-electron chi connectivity index (χ0n) is 8.92. The van der Waals surface area contributed by atoms with Crippen LogP contribution in [-0.2, 0) is 11.2 Å². The first kappa shape index (κ1) is 11.4. The van der Waals surface area contributed by atoms with E-state index in [0.29, 0.717) is 18.0 Å². The van der Waals surface area contributed by atoms with E-state index >= 15 is 0 Å². The Hall–Kier alpha value is -1.06. The number of amides is 1. The molecule has 0 unspecified atom stereocenters. The van der Waals surface area contributed by atoms with Gasteiger partial charge in [0.15, 0.2) is 0 Å². The third-order valence-corrected chi connectivity index (χ3v) is 3.59. The molecule has 2 rings (SSSR count). The summed E-state index contributed by atoms with van der Waals surface area (Å²) in [6.07, 6.45) is 0.425. The molecule has 0 aliphatic rings. The Morgan fingerprint density at radius 1 is 1.50 bits per heavy atom. The molecule has 16 heavy (non-hydrogen) atoms. The number of hydrogen-bond donors (Lipinski definition) is 1. The van der Waals surface area contributed by atoms with Crippen LogP contribution in [0.25, 0.3) is 10.1 Å². The molecule has 1 aromatic carbocycles. The summed E-state index contributed by atoms with van der Waals surface area (Å²) < 4.78 is 1.17. The minimum Gasteiger partial charge on any atom is -0.356 e. The molecule has 0 spiro atoms. The molecule has 0 aliphatic carbocycles. The fourth-order valence-electron chi connectivity index (χ4n) is 1.62. The summed E-state index contributed by atoms with van der Waals surface area (Å²) in [7, 11) is 0. The summed E-state index contributed by atoms with van der Waals surface area (Å²) in [6, 6.07) is 5.78. The molecule has 1 amide bonds. The van der Waals surface area contributed by atoms with Crippen molar-refractivity contribution >= 4 is 38.9 Å². The van der Waals surface area contributed by atoms with Crippen molar-refractivity contribution in [2.75, 3.05) is 6.54 Å². The number of thiophene rings is 1. The Bertz CT molecular complexity index is 521. The normalized spacial score (nSPS) is 10.6. The minimum absolute atomic E-state index is 0.0576. The quantitative estimate of drug-likeness (QED) is 0.894. The zero-order valence-corrected chi connectivity index (χ0v) is 10.5. The van der Waals surface area contributed by atoms with Crippen molar-refractivity contribution in [3.05, 3.63) is 34.2 Å². The van der Waals surface area contributed by atoms with E-state index in [1.165, 1.54) is 4.70 Å². The lowest BCUT2D eigenvalue weighted by molar-refractivity contribution is -0.120. The molecule has 0 saturated heterocycles. The Morgan fingerprint density at radius 2 is 2.31 bits per heavy atom. The zero-order chi connectivity index (χ0) is 11.5. The van der Waals surface area contributed by atoms with Crippen LogP contribution in [0.1, 0.15) is 12.5 Å². The second-order valence-corrected chi connectivity index (χ2v) is 4.88. The maximum atomic E-state index is 11.5. The van der Waals surface area contributed by atoms with E-state index in [2.05, 4.69) is 5.32 Å². The highest BCUT2D eigenvalue weighted by Gasteiger charge is 2.08. The van der Waals surface area contributed by atoms with E-state index in [4.69, 9.17) is 11.6 Å². The van der Waals surface area contributed by atoms with Crippen LogP contribution in [-0.4, -0.2) is 12.5 Å². The fraction of sp³-hybridized carbons (Fsp3) is 0.250. The summed E-state index contributed by atoms with van der Waals surface area (Å²) in [5.74, 6) is 0.0576. The van der Waals surface area contributed by atoms with E-state index in [1.54, 1.807) is 11.3 Å². The van der Waals surface area contributed by atoms with Crippen LogP contribution in [0.5, 0.6) is 0 Å². The average molecular weight is 254 g/mol. The van der Waals surface area contributed by atoms with Gasteiger partial charge in [0, 0.05) is 16.3 Å². The standard InChI is InChI=1S/C12H12ClNOS/c1-2-14-12(15)5-8-7-16-11-4-3-9(13)6-10(8)11/h3-4,6-7H,2,5H2,1H3,(H,14,15). The predicted octanol–water partition coefficient (Wildman–Crippen LogP) is 3.23. The molecule has 1 N–H and O–H groups in total. The molecule has 4 heteroatoms. The summed E-state index contributed by atoms with van der Waals surface area (Å²) in [5, 5.41) is 6.62. The lowest BCUT2D eigenvalue weighted by atomic mass is 10.1. The number of fused-ring (bicyclic) bond motifs is 1. The van der Waals surface area contributed by atoms with Gasteiger partial charge in [0.25, 0.3) is 0 Å². The van der Waals surface area contributed by atoms with E-state index in [1.807, 2.05) is 30.5 Å². The van der Waals surface area contributed by atoms with E-state index in [0.717, 1.165) is 10.9 Å². The van der Waals surface area contributed by atoms with Gasteiger partial charge in [-0.05, 0) is 41.5 Å². The molecule has 1 aromatic heterocycles. The number of carbonyl (C=O) groups excluding carboxylic acids is 1. The van der Waals surface area contributed by atoms with E-state index < -0.39 is 0 Å². The predicted molar refractivity (Wildman–Crippen MR) is 69.2 cm³/mol. The van der Waals surface area contributed by atoms with Gasteiger partial charge in [-0.2, -0.15) is 0 Å². The van der Waals surface area contributed by atoms with Crippen molar-refractivity contribution in [2.45, 2.75) is 13.3 Å². The molecule has 2 nitrogen and oxygen atoms in total.